The Balaban J connectivity index is 0.00000529. The molecular formula is C16H32N4O3S. The molecule has 0 amide bonds. The molecule has 0 aliphatic rings. The SMILES string of the molecule is CCCC[C@H](CCO)Nc1nc(N)ncc1OCCOC(C)C.S. The summed E-state index contributed by atoms with van der Waals surface area (Å²) in [6.07, 6.45) is 5.52. The third kappa shape index (κ3) is 9.14. The van der Waals surface area contributed by atoms with Crippen LogP contribution in [0.15, 0.2) is 6.20 Å². The number of nitrogens with zero attached hydrogens (tertiary/aromatic N) is 2. The first kappa shape index (κ1) is 22.8. The number of nitrogens with two attached hydrogens (primary N) is 1. The van der Waals surface area contributed by atoms with Crippen LogP contribution in [0.1, 0.15) is 46.5 Å². The first-order chi connectivity index (χ1) is 11.1. The second kappa shape index (κ2) is 13.1. The highest BCUT2D eigenvalue weighted by atomic mass is 32.1. The Kier molecular flexibility index (Phi) is 12.4. The van der Waals surface area contributed by atoms with E-state index in [1.807, 2.05) is 13.8 Å². The summed E-state index contributed by atoms with van der Waals surface area (Å²) >= 11 is 0. The van der Waals surface area contributed by atoms with Crippen LogP contribution in [-0.4, -0.2) is 47.0 Å². The van der Waals surface area contributed by atoms with E-state index in [9.17, 15) is 5.11 Å². The molecule has 0 radical (unpaired) electrons. The largest absolute Gasteiger partial charge is 0.486 e. The fraction of sp³-hybridized carbons (Fsp3) is 0.750. The van der Waals surface area contributed by atoms with E-state index >= 15 is 0 Å². The average molecular weight is 361 g/mol. The highest BCUT2D eigenvalue weighted by Gasteiger charge is 2.13. The minimum atomic E-state index is 0. The minimum absolute atomic E-state index is 0. The molecule has 8 heteroatoms. The van der Waals surface area contributed by atoms with Gasteiger partial charge in [0, 0.05) is 12.6 Å². The van der Waals surface area contributed by atoms with Crippen molar-refractivity contribution in [1.82, 2.24) is 9.97 Å². The van der Waals surface area contributed by atoms with Gasteiger partial charge in [0.15, 0.2) is 11.6 Å². The van der Waals surface area contributed by atoms with Gasteiger partial charge >= 0.3 is 0 Å². The lowest BCUT2D eigenvalue weighted by molar-refractivity contribution is 0.0553. The van der Waals surface area contributed by atoms with Crippen molar-refractivity contribution in [3.8, 4) is 5.75 Å². The molecule has 0 saturated heterocycles. The molecule has 0 aliphatic carbocycles. The molecule has 7 nitrogen and oxygen atoms in total. The van der Waals surface area contributed by atoms with Gasteiger partial charge in [-0.1, -0.05) is 19.8 Å². The molecule has 1 heterocycles. The Morgan fingerprint density at radius 3 is 2.67 bits per heavy atom. The second-order valence-corrected chi connectivity index (χ2v) is 5.70. The summed E-state index contributed by atoms with van der Waals surface area (Å²) < 4.78 is 11.2. The normalized spacial score (nSPS) is 11.9. The Morgan fingerprint density at radius 1 is 1.29 bits per heavy atom. The molecule has 0 spiro atoms. The number of rotatable bonds is 12. The maximum atomic E-state index is 9.22. The zero-order valence-electron chi connectivity index (χ0n) is 14.9. The summed E-state index contributed by atoms with van der Waals surface area (Å²) in [5.41, 5.74) is 5.68. The third-order valence-electron chi connectivity index (χ3n) is 3.29. The molecule has 0 bridgehead atoms. The quantitative estimate of drug-likeness (QED) is 0.492. The molecular weight excluding hydrogens is 328 g/mol. The molecule has 1 aromatic heterocycles. The maximum Gasteiger partial charge on any atom is 0.222 e. The average Bonchev–Trinajstić information content (AvgIpc) is 2.51. The number of unbranched alkanes of at least 4 members (excludes halogenated alkanes) is 1. The monoisotopic (exact) mass is 360 g/mol. The van der Waals surface area contributed by atoms with E-state index in [1.54, 1.807) is 6.20 Å². The van der Waals surface area contributed by atoms with E-state index in [1.165, 1.54) is 0 Å². The molecule has 0 saturated carbocycles. The van der Waals surface area contributed by atoms with Crippen LogP contribution in [0.5, 0.6) is 5.75 Å². The van der Waals surface area contributed by atoms with E-state index in [4.69, 9.17) is 15.2 Å². The number of nitrogen functional groups attached to an aromatic ring is 1. The van der Waals surface area contributed by atoms with Gasteiger partial charge in [0.05, 0.1) is 18.9 Å². The van der Waals surface area contributed by atoms with Gasteiger partial charge in [0.2, 0.25) is 5.95 Å². The molecule has 140 valence electrons. The number of hydrogen-bond acceptors (Lipinski definition) is 7. The number of aliphatic hydroxyl groups excluding tert-OH is 1. The Morgan fingerprint density at radius 2 is 2.04 bits per heavy atom. The van der Waals surface area contributed by atoms with E-state index in [-0.39, 0.29) is 38.2 Å². The molecule has 1 atom stereocenters. The summed E-state index contributed by atoms with van der Waals surface area (Å²) in [5.74, 6) is 1.30. The smallest absolute Gasteiger partial charge is 0.222 e. The summed E-state index contributed by atoms with van der Waals surface area (Å²) in [7, 11) is 0. The van der Waals surface area contributed by atoms with Gasteiger partial charge < -0.3 is 25.6 Å². The lowest BCUT2D eigenvalue weighted by atomic mass is 10.1. The first-order valence-corrected chi connectivity index (χ1v) is 8.31. The van der Waals surface area contributed by atoms with Gasteiger partial charge in [-0.2, -0.15) is 18.5 Å². The standard InChI is InChI=1S/C16H30N4O3.H2S/c1-4-5-6-13(7-8-21)19-15-14(11-18-16(17)20-15)23-10-9-22-12(2)3;/h11-13,21H,4-10H2,1-3H3,(H3,17,18,19,20);1H2/t13-;/m1./s1. The van der Waals surface area contributed by atoms with Crippen molar-refractivity contribution >= 4 is 25.3 Å². The molecule has 4 N–H and O–H groups in total. The molecule has 0 aromatic carbocycles. The van der Waals surface area contributed by atoms with Crippen LogP contribution in [0.25, 0.3) is 0 Å². The minimum Gasteiger partial charge on any atom is -0.486 e. The molecule has 0 unspecified atom stereocenters. The Hall–Kier alpha value is -1.25. The van der Waals surface area contributed by atoms with E-state index in [0.717, 1.165) is 19.3 Å². The predicted octanol–water partition coefficient (Wildman–Crippen LogP) is 2.33. The van der Waals surface area contributed by atoms with Crippen LogP contribution in [0, 0.1) is 0 Å². The van der Waals surface area contributed by atoms with Crippen molar-refractivity contribution < 1.29 is 14.6 Å². The van der Waals surface area contributed by atoms with E-state index < -0.39 is 0 Å². The molecule has 0 fully saturated rings. The lowest BCUT2D eigenvalue weighted by Gasteiger charge is -2.20. The summed E-state index contributed by atoms with van der Waals surface area (Å²) in [6.45, 7) is 7.14. The molecule has 24 heavy (non-hydrogen) atoms. The van der Waals surface area contributed by atoms with Crippen LogP contribution in [0.4, 0.5) is 11.8 Å². The van der Waals surface area contributed by atoms with Crippen molar-refractivity contribution in [3.05, 3.63) is 6.20 Å². The highest BCUT2D eigenvalue weighted by Crippen LogP contribution is 2.24. The van der Waals surface area contributed by atoms with Crippen LogP contribution in [-0.2, 0) is 4.74 Å². The van der Waals surface area contributed by atoms with Gasteiger partial charge in [-0.15, -0.1) is 0 Å². The number of aromatic nitrogens is 2. The molecule has 0 aliphatic heterocycles. The van der Waals surface area contributed by atoms with Crippen molar-refractivity contribution in [3.63, 3.8) is 0 Å². The fourth-order valence-electron chi connectivity index (χ4n) is 2.12. The number of aliphatic hydroxyl groups is 1. The lowest BCUT2D eigenvalue weighted by Crippen LogP contribution is -2.23. The van der Waals surface area contributed by atoms with Gasteiger partial charge in [0.1, 0.15) is 6.61 Å². The van der Waals surface area contributed by atoms with Crippen molar-refractivity contribution in [2.24, 2.45) is 0 Å². The van der Waals surface area contributed by atoms with Gasteiger partial charge in [-0.05, 0) is 26.7 Å². The fourth-order valence-corrected chi connectivity index (χ4v) is 2.12. The van der Waals surface area contributed by atoms with Crippen molar-refractivity contribution in [2.45, 2.75) is 58.6 Å². The topological polar surface area (TPSA) is 103 Å². The van der Waals surface area contributed by atoms with Gasteiger partial charge in [0.25, 0.3) is 0 Å². The zero-order valence-corrected chi connectivity index (χ0v) is 15.9. The van der Waals surface area contributed by atoms with Crippen molar-refractivity contribution in [2.75, 3.05) is 30.9 Å². The summed E-state index contributed by atoms with van der Waals surface area (Å²) in [6, 6.07) is 0.128. The third-order valence-corrected chi connectivity index (χ3v) is 3.29. The summed E-state index contributed by atoms with van der Waals surface area (Å²) in [4.78, 5) is 8.21. The van der Waals surface area contributed by atoms with E-state index in [0.29, 0.717) is 31.2 Å². The van der Waals surface area contributed by atoms with Crippen LogP contribution < -0.4 is 15.8 Å². The van der Waals surface area contributed by atoms with Gasteiger partial charge in [-0.3, -0.25) is 0 Å². The first-order valence-electron chi connectivity index (χ1n) is 8.31. The Bertz CT molecular complexity index is 449. The van der Waals surface area contributed by atoms with E-state index in [2.05, 4.69) is 22.2 Å². The number of hydrogen-bond donors (Lipinski definition) is 3. The summed E-state index contributed by atoms with van der Waals surface area (Å²) in [5, 5.41) is 12.5. The maximum absolute atomic E-state index is 9.22. The number of anilines is 2. The number of nitrogens with one attached hydrogen (secondary N) is 1. The van der Waals surface area contributed by atoms with Crippen molar-refractivity contribution in [1.29, 1.82) is 0 Å². The Labute approximate surface area is 151 Å². The predicted molar refractivity (Wildman–Crippen MR) is 102 cm³/mol. The molecule has 1 aromatic rings. The second-order valence-electron chi connectivity index (χ2n) is 5.70. The van der Waals surface area contributed by atoms with Crippen LogP contribution in [0.3, 0.4) is 0 Å². The van der Waals surface area contributed by atoms with Crippen LogP contribution in [0.2, 0.25) is 0 Å². The highest BCUT2D eigenvalue weighted by molar-refractivity contribution is 7.59. The molecule has 1 rings (SSSR count). The van der Waals surface area contributed by atoms with Crippen LogP contribution >= 0.6 is 13.5 Å². The van der Waals surface area contributed by atoms with Gasteiger partial charge in [-0.25, -0.2) is 4.98 Å². The zero-order chi connectivity index (χ0) is 17.1. The number of ether oxygens (including phenoxy) is 2.